The van der Waals surface area contributed by atoms with Gasteiger partial charge in [0.05, 0.1) is 43.0 Å². The van der Waals surface area contributed by atoms with Gasteiger partial charge in [-0.15, -0.1) is 22.7 Å². The Morgan fingerprint density at radius 1 is 0.719 bits per heavy atom. The predicted molar refractivity (Wildman–Crippen MR) is 219 cm³/mol. The largest absolute Gasteiger partial charge is 0.481 e. The number of nitrogens with zero attached hydrogens (tertiary/aromatic N) is 9. The molecule has 9 heterocycles. The summed E-state index contributed by atoms with van der Waals surface area (Å²) >= 11 is 3.25. The number of thiophene rings is 2. The second-order valence-corrected chi connectivity index (χ2v) is 16.9. The van der Waals surface area contributed by atoms with E-state index in [1.54, 1.807) is 29.0 Å². The summed E-state index contributed by atoms with van der Waals surface area (Å²) in [5.74, 6) is 2.26. The Labute approximate surface area is 334 Å². The number of aromatic nitrogens is 6. The monoisotopic (exact) mass is 799 g/mol. The number of aliphatic carboxylic acids is 1. The predicted octanol–water partition coefficient (Wildman–Crippen LogP) is 5.68. The molecule has 3 N–H and O–H groups in total. The first-order chi connectivity index (χ1) is 27.9. The fourth-order valence-electron chi connectivity index (χ4n) is 8.24. The van der Waals surface area contributed by atoms with Crippen molar-refractivity contribution in [2.45, 2.75) is 51.6 Å². The molecule has 0 aromatic carbocycles. The van der Waals surface area contributed by atoms with Crippen molar-refractivity contribution in [1.82, 2.24) is 34.8 Å². The molecule has 2 atom stereocenters. The van der Waals surface area contributed by atoms with Crippen LogP contribution in [0, 0.1) is 11.8 Å². The van der Waals surface area contributed by atoms with Crippen molar-refractivity contribution in [2.75, 3.05) is 36.9 Å². The molecule has 1 saturated heterocycles. The maximum Gasteiger partial charge on any atom is 0.306 e. The molecule has 11 rings (SSSR count). The van der Waals surface area contributed by atoms with Crippen molar-refractivity contribution in [3.63, 3.8) is 0 Å². The number of rotatable bonds is 6. The van der Waals surface area contributed by atoms with Crippen molar-refractivity contribution in [3.8, 4) is 0 Å². The van der Waals surface area contributed by atoms with Crippen LogP contribution in [-0.4, -0.2) is 90.5 Å². The Bertz CT molecular complexity index is 2630. The highest BCUT2D eigenvalue weighted by Gasteiger charge is 2.33. The van der Waals surface area contributed by atoms with Crippen LogP contribution in [0.3, 0.4) is 0 Å². The van der Waals surface area contributed by atoms with Gasteiger partial charge in [-0.25, -0.2) is 29.9 Å². The normalized spacial score (nSPS) is 19.1. The van der Waals surface area contributed by atoms with Crippen molar-refractivity contribution < 1.29 is 19.4 Å². The molecule has 0 radical (unpaired) electrons. The van der Waals surface area contributed by atoms with Gasteiger partial charge in [0.15, 0.2) is 0 Å². The summed E-state index contributed by atoms with van der Waals surface area (Å²) in [6, 6.07) is 3.98. The molecule has 57 heavy (non-hydrogen) atoms. The number of aryl methyl sites for hydroxylation is 2. The molecule has 0 spiro atoms. The van der Waals surface area contributed by atoms with Crippen LogP contribution in [0.15, 0.2) is 47.2 Å². The van der Waals surface area contributed by atoms with Gasteiger partial charge in [-0.1, -0.05) is 0 Å². The maximum absolute atomic E-state index is 13.0. The number of amides is 1. The third-order valence-corrected chi connectivity index (χ3v) is 13.6. The number of fused-ring (bicyclic) bond motifs is 8. The summed E-state index contributed by atoms with van der Waals surface area (Å²) in [5.41, 5.74) is 6.88. The quantitative estimate of drug-likeness (QED) is 0.187. The third kappa shape index (κ3) is 6.89. The zero-order chi connectivity index (χ0) is 38.5. The van der Waals surface area contributed by atoms with E-state index in [2.05, 4.69) is 50.5 Å². The maximum atomic E-state index is 13.0. The molecular weight excluding hydrogens is 763 g/mol. The molecule has 1 amide bonds. The first kappa shape index (κ1) is 35.6. The molecule has 1 fully saturated rings. The number of carbonyl (C=O) groups excluding carboxylic acids is 1. The molecule has 15 nitrogen and oxygen atoms in total. The molecular formula is C40H37N11O4S2. The minimum Gasteiger partial charge on any atom is -0.481 e. The second-order valence-electron chi connectivity index (χ2n) is 14.7. The number of carboxylic acids is 1. The van der Waals surface area contributed by atoms with E-state index in [0.717, 1.165) is 96.5 Å². The van der Waals surface area contributed by atoms with Gasteiger partial charge in [-0.2, -0.15) is 0 Å². The van der Waals surface area contributed by atoms with E-state index >= 15 is 0 Å². The highest BCUT2D eigenvalue weighted by atomic mass is 32.1. The van der Waals surface area contributed by atoms with Gasteiger partial charge >= 0.3 is 5.97 Å². The number of ether oxygens (including phenoxy) is 1. The van der Waals surface area contributed by atoms with Gasteiger partial charge in [-0.3, -0.25) is 19.6 Å². The standard InChI is InChI=1S/C22H22N6O2S.C18H15N5O2S/c29-22(28-3-5-30-6-4-28)13-1-2-16-17(7-13)31-21-19(16)20(25-12-26-21)27-18-8-14-9-23-10-15(14)11-24-18;24-18(25)9-1-2-12-13(3-9)26-17-15(12)16(21-8-22-17)23-14-4-10-5-19-6-11(10)7-20-14/h8-9,11-13H,1-7,10H2,(H,24,25,26,27);4-5,7-9H,1-3,6H2,(H,24,25)(H,20,21,22,23)/t13-;9-/m00/s1. The highest BCUT2D eigenvalue weighted by Crippen LogP contribution is 2.42. The van der Waals surface area contributed by atoms with Gasteiger partial charge < -0.3 is 25.4 Å². The lowest BCUT2D eigenvalue weighted by Crippen LogP contribution is -2.44. The van der Waals surface area contributed by atoms with Gasteiger partial charge in [0, 0.05) is 75.8 Å². The van der Waals surface area contributed by atoms with E-state index < -0.39 is 5.97 Å². The highest BCUT2D eigenvalue weighted by molar-refractivity contribution is 7.19. The van der Waals surface area contributed by atoms with Crippen molar-refractivity contribution in [3.05, 3.63) is 80.3 Å². The molecule has 17 heteroatoms. The summed E-state index contributed by atoms with van der Waals surface area (Å²) in [7, 11) is 0. The molecule has 0 unspecified atom stereocenters. The lowest BCUT2D eigenvalue weighted by Gasteiger charge is -2.31. The van der Waals surface area contributed by atoms with Crippen molar-refractivity contribution in [1.29, 1.82) is 0 Å². The lowest BCUT2D eigenvalue weighted by atomic mass is 9.86. The van der Waals surface area contributed by atoms with Crippen LogP contribution in [-0.2, 0) is 53.1 Å². The summed E-state index contributed by atoms with van der Waals surface area (Å²) in [5, 5.41) is 18.1. The number of pyridine rings is 2. The van der Waals surface area contributed by atoms with Gasteiger partial charge in [0.25, 0.3) is 0 Å². The molecule has 6 aromatic heterocycles. The summed E-state index contributed by atoms with van der Waals surface area (Å²) < 4.78 is 5.39. The van der Waals surface area contributed by atoms with E-state index in [4.69, 9.17) is 4.74 Å². The average molecular weight is 800 g/mol. The number of hydrogen-bond acceptors (Lipinski definition) is 15. The first-order valence-corrected chi connectivity index (χ1v) is 20.7. The number of carboxylic acid groups (broad SMARTS) is 1. The van der Waals surface area contributed by atoms with E-state index in [9.17, 15) is 14.7 Å². The number of nitrogens with one attached hydrogen (secondary N) is 2. The number of carbonyl (C=O) groups is 2. The van der Waals surface area contributed by atoms with Crippen LogP contribution in [0.1, 0.15) is 56.0 Å². The minimum absolute atomic E-state index is 0.0423. The minimum atomic E-state index is -0.721. The Morgan fingerprint density at radius 2 is 1.25 bits per heavy atom. The Hall–Kier alpha value is -5.78. The molecule has 3 aliphatic heterocycles. The fourth-order valence-corrected chi connectivity index (χ4v) is 10.8. The molecule has 0 saturated carbocycles. The topological polar surface area (TPSA) is 193 Å². The Kier molecular flexibility index (Phi) is 9.34. The van der Waals surface area contributed by atoms with Crippen LogP contribution >= 0.6 is 22.7 Å². The van der Waals surface area contributed by atoms with Crippen molar-refractivity contribution >= 4 is 90.7 Å². The van der Waals surface area contributed by atoms with E-state index in [-0.39, 0.29) is 17.7 Å². The zero-order valence-electron chi connectivity index (χ0n) is 30.8. The molecule has 288 valence electrons. The number of morpholine rings is 1. The molecule has 6 aromatic rings. The molecule has 0 bridgehead atoms. The van der Waals surface area contributed by atoms with Gasteiger partial charge in [0.1, 0.15) is 45.6 Å². The molecule has 2 aliphatic carbocycles. The van der Waals surface area contributed by atoms with Gasteiger partial charge in [-0.05, 0) is 61.8 Å². The van der Waals surface area contributed by atoms with E-state index in [1.165, 1.54) is 22.3 Å². The van der Waals surface area contributed by atoms with E-state index in [0.29, 0.717) is 52.2 Å². The summed E-state index contributed by atoms with van der Waals surface area (Å²) in [4.78, 5) is 65.9. The smallest absolute Gasteiger partial charge is 0.306 e. The second kappa shape index (κ2) is 14.9. The summed E-state index contributed by atoms with van der Waals surface area (Å²) in [6.45, 7) is 4.06. The Morgan fingerprint density at radius 3 is 1.79 bits per heavy atom. The SMILES string of the molecule is O=C(O)[C@H]1CCc2c(sc3ncnc(Nc4cc5c(cn4)CN=C5)c23)C1.O=C([C@H]1CCc2c(sc3ncnc(Nc4cc5c(cn4)CN=C5)c23)C1)N1CCOCC1. The van der Waals surface area contributed by atoms with Crippen LogP contribution in [0.25, 0.3) is 20.4 Å². The fraction of sp³-hybridized carbons (Fsp3) is 0.350. The number of aliphatic imine (C=N–C) groups is 2. The van der Waals surface area contributed by atoms with Crippen LogP contribution in [0.5, 0.6) is 0 Å². The van der Waals surface area contributed by atoms with Crippen molar-refractivity contribution in [2.24, 2.45) is 21.8 Å². The number of anilines is 4. The summed E-state index contributed by atoms with van der Waals surface area (Å²) in [6.07, 6.45) is 15.0. The first-order valence-electron chi connectivity index (χ1n) is 19.1. The van der Waals surface area contributed by atoms with Crippen LogP contribution in [0.2, 0.25) is 0 Å². The van der Waals surface area contributed by atoms with Crippen LogP contribution < -0.4 is 10.6 Å². The van der Waals surface area contributed by atoms with Gasteiger partial charge in [0.2, 0.25) is 5.91 Å². The average Bonchev–Trinajstić information content (AvgIpc) is 4.05. The number of hydrogen-bond donors (Lipinski definition) is 3. The Balaban J connectivity index is 0.000000141. The third-order valence-electron chi connectivity index (χ3n) is 11.2. The van der Waals surface area contributed by atoms with Crippen LogP contribution in [0.4, 0.5) is 23.3 Å². The zero-order valence-corrected chi connectivity index (χ0v) is 32.4. The van der Waals surface area contributed by atoms with E-state index in [1.807, 2.05) is 41.9 Å². The molecule has 5 aliphatic rings. The lowest BCUT2D eigenvalue weighted by molar-refractivity contribution is -0.142.